The van der Waals surface area contributed by atoms with E-state index < -0.39 is 0 Å². The van der Waals surface area contributed by atoms with Crippen LogP contribution in [-0.2, 0) is 6.54 Å². The first-order chi connectivity index (χ1) is 9.22. The van der Waals surface area contributed by atoms with Gasteiger partial charge in [0.05, 0.1) is 19.9 Å². The Hall–Kier alpha value is -1.68. The second kappa shape index (κ2) is 6.48. The molecular formula is C15H16BrNO2. The fraction of sp³-hybridized carbons (Fsp3) is 0.200. The fourth-order valence-corrected chi connectivity index (χ4v) is 2.01. The van der Waals surface area contributed by atoms with E-state index in [1.54, 1.807) is 14.2 Å². The topological polar surface area (TPSA) is 30.5 Å². The summed E-state index contributed by atoms with van der Waals surface area (Å²) in [5.74, 6) is 1.56. The van der Waals surface area contributed by atoms with Crippen LogP contribution in [0.15, 0.2) is 46.9 Å². The van der Waals surface area contributed by atoms with Crippen molar-refractivity contribution in [1.29, 1.82) is 0 Å². The van der Waals surface area contributed by atoms with Gasteiger partial charge < -0.3 is 14.8 Å². The summed E-state index contributed by atoms with van der Waals surface area (Å²) in [5, 5.41) is 3.36. The first-order valence-electron chi connectivity index (χ1n) is 5.93. The summed E-state index contributed by atoms with van der Waals surface area (Å²) in [6.45, 7) is 0.746. The average Bonchev–Trinajstić information content (AvgIpc) is 2.46. The first kappa shape index (κ1) is 13.7. The van der Waals surface area contributed by atoms with Gasteiger partial charge in [-0.05, 0) is 29.8 Å². The molecule has 2 aromatic rings. The third-order valence-electron chi connectivity index (χ3n) is 2.80. The van der Waals surface area contributed by atoms with E-state index in [1.165, 1.54) is 5.56 Å². The summed E-state index contributed by atoms with van der Waals surface area (Å²) >= 11 is 3.43. The Morgan fingerprint density at radius 3 is 2.37 bits per heavy atom. The zero-order valence-electron chi connectivity index (χ0n) is 10.9. The first-order valence-corrected chi connectivity index (χ1v) is 6.72. The molecule has 0 radical (unpaired) electrons. The quantitative estimate of drug-likeness (QED) is 0.900. The summed E-state index contributed by atoms with van der Waals surface area (Å²) < 4.78 is 11.6. The molecule has 3 nitrogen and oxygen atoms in total. The molecule has 0 heterocycles. The van der Waals surface area contributed by atoms with Crippen molar-refractivity contribution in [2.24, 2.45) is 0 Å². The minimum absolute atomic E-state index is 0.746. The van der Waals surface area contributed by atoms with Crippen LogP contribution in [0.5, 0.6) is 11.5 Å². The molecule has 0 unspecified atom stereocenters. The summed E-state index contributed by atoms with van der Waals surface area (Å²) in [6, 6.07) is 13.9. The molecule has 0 aromatic heterocycles. The number of methoxy groups -OCH3 is 2. The van der Waals surface area contributed by atoms with Gasteiger partial charge in [0.25, 0.3) is 0 Å². The molecular weight excluding hydrogens is 306 g/mol. The van der Waals surface area contributed by atoms with Crippen molar-refractivity contribution >= 4 is 21.6 Å². The third kappa shape index (κ3) is 3.64. The minimum Gasteiger partial charge on any atom is -0.497 e. The normalized spacial score (nSPS) is 10.1. The summed E-state index contributed by atoms with van der Waals surface area (Å²) in [5.41, 5.74) is 2.16. The van der Waals surface area contributed by atoms with Crippen molar-refractivity contribution in [2.45, 2.75) is 6.54 Å². The van der Waals surface area contributed by atoms with Gasteiger partial charge in [-0.25, -0.2) is 0 Å². The molecule has 2 aromatic carbocycles. The number of rotatable bonds is 5. The van der Waals surface area contributed by atoms with E-state index in [0.717, 1.165) is 28.2 Å². The van der Waals surface area contributed by atoms with E-state index in [9.17, 15) is 0 Å². The van der Waals surface area contributed by atoms with E-state index in [4.69, 9.17) is 9.47 Å². The van der Waals surface area contributed by atoms with Crippen LogP contribution in [0, 0.1) is 0 Å². The van der Waals surface area contributed by atoms with E-state index in [0.29, 0.717) is 0 Å². The smallest absolute Gasteiger partial charge is 0.145 e. The van der Waals surface area contributed by atoms with Crippen molar-refractivity contribution in [3.8, 4) is 11.5 Å². The second-order valence-electron chi connectivity index (χ2n) is 4.05. The van der Waals surface area contributed by atoms with Gasteiger partial charge in [0.2, 0.25) is 0 Å². The zero-order valence-corrected chi connectivity index (χ0v) is 12.5. The van der Waals surface area contributed by atoms with Gasteiger partial charge in [-0.15, -0.1) is 0 Å². The number of ether oxygens (including phenoxy) is 2. The molecule has 0 spiro atoms. The second-order valence-corrected chi connectivity index (χ2v) is 4.96. The van der Waals surface area contributed by atoms with Crippen LogP contribution in [-0.4, -0.2) is 14.2 Å². The minimum atomic E-state index is 0.746. The zero-order chi connectivity index (χ0) is 13.7. The van der Waals surface area contributed by atoms with Crippen LogP contribution in [0.2, 0.25) is 0 Å². The van der Waals surface area contributed by atoms with Crippen LogP contribution in [0.25, 0.3) is 0 Å². The summed E-state index contributed by atoms with van der Waals surface area (Å²) in [4.78, 5) is 0. The number of hydrogen-bond acceptors (Lipinski definition) is 3. The van der Waals surface area contributed by atoms with Crippen molar-refractivity contribution < 1.29 is 9.47 Å². The molecule has 2 rings (SSSR count). The van der Waals surface area contributed by atoms with Crippen LogP contribution in [0.4, 0.5) is 5.69 Å². The highest BCUT2D eigenvalue weighted by Crippen LogP contribution is 2.29. The molecule has 100 valence electrons. The van der Waals surface area contributed by atoms with Crippen LogP contribution >= 0.6 is 15.9 Å². The van der Waals surface area contributed by atoms with Gasteiger partial charge in [0, 0.05) is 17.1 Å². The predicted molar refractivity (Wildman–Crippen MR) is 81.0 cm³/mol. The van der Waals surface area contributed by atoms with E-state index in [2.05, 4.69) is 33.4 Å². The van der Waals surface area contributed by atoms with E-state index in [-0.39, 0.29) is 0 Å². The number of anilines is 1. The molecule has 0 atom stereocenters. The molecule has 0 bridgehead atoms. The summed E-state index contributed by atoms with van der Waals surface area (Å²) in [6.07, 6.45) is 0. The Bertz CT molecular complexity index is 540. The maximum absolute atomic E-state index is 5.35. The lowest BCUT2D eigenvalue weighted by molar-refractivity contribution is 0.395. The maximum Gasteiger partial charge on any atom is 0.145 e. The highest BCUT2D eigenvalue weighted by molar-refractivity contribution is 9.10. The molecule has 0 amide bonds. The number of benzene rings is 2. The lowest BCUT2D eigenvalue weighted by atomic mass is 10.2. The van der Waals surface area contributed by atoms with Gasteiger partial charge in [-0.2, -0.15) is 0 Å². The van der Waals surface area contributed by atoms with Gasteiger partial charge in [0.1, 0.15) is 11.5 Å². The summed E-state index contributed by atoms with van der Waals surface area (Å²) in [7, 11) is 3.29. The maximum atomic E-state index is 5.35. The molecule has 1 N–H and O–H groups in total. The Morgan fingerprint density at radius 1 is 1.00 bits per heavy atom. The Labute approximate surface area is 121 Å². The average molecular weight is 322 g/mol. The molecule has 0 aliphatic carbocycles. The van der Waals surface area contributed by atoms with Gasteiger partial charge in [0.15, 0.2) is 0 Å². The van der Waals surface area contributed by atoms with Crippen LogP contribution in [0.3, 0.4) is 0 Å². The number of nitrogens with one attached hydrogen (secondary N) is 1. The Balaban J connectivity index is 2.08. The Kier molecular flexibility index (Phi) is 4.68. The molecule has 0 aliphatic heterocycles. The van der Waals surface area contributed by atoms with Gasteiger partial charge >= 0.3 is 0 Å². The van der Waals surface area contributed by atoms with E-state index in [1.807, 2.05) is 30.3 Å². The van der Waals surface area contributed by atoms with Crippen LogP contribution in [0.1, 0.15) is 5.56 Å². The van der Waals surface area contributed by atoms with Crippen LogP contribution < -0.4 is 14.8 Å². The third-order valence-corrected chi connectivity index (χ3v) is 3.33. The van der Waals surface area contributed by atoms with Crippen molar-refractivity contribution in [2.75, 3.05) is 19.5 Å². The fourth-order valence-electron chi connectivity index (χ4n) is 1.74. The molecule has 0 fully saturated rings. The molecule has 0 saturated carbocycles. The molecule has 19 heavy (non-hydrogen) atoms. The SMILES string of the molecule is COc1ccc(NCc2ccc(Br)cc2)c(OC)c1. The van der Waals surface area contributed by atoms with Crippen molar-refractivity contribution in [3.05, 3.63) is 52.5 Å². The molecule has 0 saturated heterocycles. The lowest BCUT2D eigenvalue weighted by Gasteiger charge is -2.12. The molecule has 0 aliphatic rings. The van der Waals surface area contributed by atoms with Gasteiger partial charge in [-0.3, -0.25) is 0 Å². The highest BCUT2D eigenvalue weighted by atomic mass is 79.9. The Morgan fingerprint density at radius 2 is 1.74 bits per heavy atom. The lowest BCUT2D eigenvalue weighted by Crippen LogP contribution is -2.01. The largest absolute Gasteiger partial charge is 0.497 e. The standard InChI is InChI=1S/C15H16BrNO2/c1-18-13-7-8-14(15(9-13)19-2)17-10-11-3-5-12(16)6-4-11/h3-9,17H,10H2,1-2H3. The van der Waals surface area contributed by atoms with Gasteiger partial charge in [-0.1, -0.05) is 28.1 Å². The molecule has 4 heteroatoms. The van der Waals surface area contributed by atoms with Crippen molar-refractivity contribution in [1.82, 2.24) is 0 Å². The highest BCUT2D eigenvalue weighted by Gasteiger charge is 2.04. The van der Waals surface area contributed by atoms with E-state index >= 15 is 0 Å². The number of halogens is 1. The monoisotopic (exact) mass is 321 g/mol. The predicted octanol–water partition coefficient (Wildman–Crippen LogP) is 4.08. The number of hydrogen-bond donors (Lipinski definition) is 1. The van der Waals surface area contributed by atoms with Crippen molar-refractivity contribution in [3.63, 3.8) is 0 Å².